The van der Waals surface area contributed by atoms with Gasteiger partial charge in [-0.1, -0.05) is 0 Å². The van der Waals surface area contributed by atoms with Crippen molar-refractivity contribution in [3.63, 3.8) is 0 Å². The molecule has 0 aliphatic rings. The second-order valence-electron chi connectivity index (χ2n) is 4.59. The molecule has 0 fully saturated rings. The Balaban J connectivity index is 2.31. The third kappa shape index (κ3) is 2.66. The molecule has 2 aromatic rings. The van der Waals surface area contributed by atoms with Crippen molar-refractivity contribution >= 4 is 21.7 Å². The van der Waals surface area contributed by atoms with E-state index in [1.54, 1.807) is 6.07 Å². The van der Waals surface area contributed by atoms with E-state index in [4.69, 9.17) is 4.42 Å². The lowest BCUT2D eigenvalue weighted by Gasteiger charge is -2.04. The van der Waals surface area contributed by atoms with Gasteiger partial charge in [-0.25, -0.2) is 0 Å². The van der Waals surface area contributed by atoms with Crippen LogP contribution in [0.15, 0.2) is 15.0 Å². The van der Waals surface area contributed by atoms with E-state index in [0.29, 0.717) is 17.7 Å². The first-order valence-corrected chi connectivity index (χ1v) is 7.05. The summed E-state index contributed by atoms with van der Waals surface area (Å²) in [4.78, 5) is 12.4. The number of carbonyl (C=O) groups is 1. The van der Waals surface area contributed by atoms with Gasteiger partial charge in [-0.2, -0.15) is 5.10 Å². The monoisotopic (exact) mass is 324 g/mol. The van der Waals surface area contributed by atoms with Gasteiger partial charge in [-0.05, 0) is 49.7 Å². The molecule has 0 saturated heterocycles. The second-order valence-corrected chi connectivity index (χ2v) is 5.38. The minimum absolute atomic E-state index is 0.0599. The highest BCUT2D eigenvalue weighted by molar-refractivity contribution is 9.10. The highest BCUT2D eigenvalue weighted by Gasteiger charge is 2.19. The fraction of sp³-hybridized carbons (Fsp3) is 0.429. The smallest absolute Gasteiger partial charge is 0.172 e. The van der Waals surface area contributed by atoms with Crippen molar-refractivity contribution < 1.29 is 9.21 Å². The predicted molar refractivity (Wildman–Crippen MR) is 76.6 cm³/mol. The minimum Gasteiger partial charge on any atom is -0.466 e. The van der Waals surface area contributed by atoms with Gasteiger partial charge < -0.3 is 4.42 Å². The number of furan rings is 1. The number of halogens is 1. The number of rotatable bonds is 4. The predicted octanol–water partition coefficient (Wildman–Crippen LogP) is 3.61. The van der Waals surface area contributed by atoms with Crippen molar-refractivity contribution in [1.82, 2.24) is 9.78 Å². The van der Waals surface area contributed by atoms with E-state index in [2.05, 4.69) is 21.0 Å². The van der Waals surface area contributed by atoms with Crippen LogP contribution in [0.2, 0.25) is 0 Å². The molecule has 102 valence electrons. The fourth-order valence-corrected chi connectivity index (χ4v) is 2.62. The summed E-state index contributed by atoms with van der Waals surface area (Å²) in [5.41, 5.74) is 2.49. The van der Waals surface area contributed by atoms with Crippen LogP contribution in [0.25, 0.3) is 0 Å². The molecule has 0 saturated carbocycles. The molecule has 0 atom stereocenters. The fourth-order valence-electron chi connectivity index (χ4n) is 2.19. The van der Waals surface area contributed by atoms with Crippen LogP contribution in [-0.2, 0) is 13.0 Å². The average molecular weight is 325 g/mol. The van der Waals surface area contributed by atoms with Crippen LogP contribution in [0, 0.1) is 20.8 Å². The highest BCUT2D eigenvalue weighted by Crippen LogP contribution is 2.24. The third-order valence-electron chi connectivity index (χ3n) is 3.12. The molecule has 0 aliphatic heterocycles. The summed E-state index contributed by atoms with van der Waals surface area (Å²) in [6, 6.07) is 1.80. The Morgan fingerprint density at radius 2 is 2.11 bits per heavy atom. The molecular weight excluding hydrogens is 308 g/mol. The number of aryl methyl sites for hydroxylation is 4. The Labute approximate surface area is 120 Å². The molecule has 0 aromatic carbocycles. The van der Waals surface area contributed by atoms with Crippen molar-refractivity contribution in [2.24, 2.45) is 0 Å². The van der Waals surface area contributed by atoms with Crippen LogP contribution in [0.3, 0.4) is 0 Å². The first-order valence-electron chi connectivity index (χ1n) is 6.26. The number of ketones is 1. The zero-order valence-corrected chi connectivity index (χ0v) is 13.2. The molecule has 0 N–H and O–H groups in total. The molecule has 0 unspecified atom stereocenters. The van der Waals surface area contributed by atoms with E-state index in [1.165, 1.54) is 0 Å². The third-order valence-corrected chi connectivity index (χ3v) is 4.15. The number of hydrogen-bond acceptors (Lipinski definition) is 3. The van der Waals surface area contributed by atoms with Gasteiger partial charge in [0.1, 0.15) is 11.5 Å². The summed E-state index contributed by atoms with van der Waals surface area (Å²) >= 11 is 3.51. The van der Waals surface area contributed by atoms with Crippen LogP contribution >= 0.6 is 15.9 Å². The van der Waals surface area contributed by atoms with E-state index >= 15 is 0 Å². The Kier molecular flexibility index (Phi) is 3.94. The summed E-state index contributed by atoms with van der Waals surface area (Å²) in [5.74, 6) is 1.50. The lowest BCUT2D eigenvalue weighted by Crippen LogP contribution is -2.10. The van der Waals surface area contributed by atoms with Crippen molar-refractivity contribution in [3.05, 3.63) is 39.0 Å². The summed E-state index contributed by atoms with van der Waals surface area (Å²) < 4.78 is 8.19. The molecule has 2 rings (SSSR count). The average Bonchev–Trinajstić information content (AvgIpc) is 2.83. The highest BCUT2D eigenvalue weighted by atomic mass is 79.9. The van der Waals surface area contributed by atoms with E-state index in [-0.39, 0.29) is 5.78 Å². The number of carbonyl (C=O) groups excluding carboxylic acids is 1. The van der Waals surface area contributed by atoms with Crippen molar-refractivity contribution in [3.8, 4) is 0 Å². The lowest BCUT2D eigenvalue weighted by atomic mass is 10.1. The molecule has 2 heterocycles. The maximum atomic E-state index is 12.4. The van der Waals surface area contributed by atoms with Crippen LogP contribution in [-0.4, -0.2) is 15.6 Å². The normalized spacial score (nSPS) is 11.0. The van der Waals surface area contributed by atoms with Crippen molar-refractivity contribution in [1.29, 1.82) is 0 Å². The molecule has 0 amide bonds. The van der Waals surface area contributed by atoms with Gasteiger partial charge >= 0.3 is 0 Å². The van der Waals surface area contributed by atoms with Gasteiger partial charge in [-0.3, -0.25) is 9.48 Å². The van der Waals surface area contributed by atoms with Gasteiger partial charge in [0.05, 0.1) is 27.8 Å². The van der Waals surface area contributed by atoms with Crippen LogP contribution in [0.1, 0.15) is 40.2 Å². The summed E-state index contributed by atoms with van der Waals surface area (Å²) in [7, 11) is 0. The molecular formula is C14H17BrN2O2. The summed E-state index contributed by atoms with van der Waals surface area (Å²) in [5, 5.41) is 4.40. The van der Waals surface area contributed by atoms with Crippen LogP contribution in [0.4, 0.5) is 0 Å². The SMILES string of the molecule is CCn1nc(C)c(Br)c1CC(=O)c1cc(C)oc1C. The maximum Gasteiger partial charge on any atom is 0.172 e. The first kappa shape index (κ1) is 14.1. The maximum absolute atomic E-state index is 12.4. The number of Topliss-reactive ketones (excluding diaryl/α,β-unsaturated/α-hetero) is 1. The molecule has 5 heteroatoms. The van der Waals surface area contributed by atoms with E-state index in [0.717, 1.165) is 28.2 Å². The van der Waals surface area contributed by atoms with Crippen molar-refractivity contribution in [2.45, 2.75) is 40.7 Å². The van der Waals surface area contributed by atoms with E-state index in [9.17, 15) is 4.79 Å². The number of nitrogens with zero attached hydrogens (tertiary/aromatic N) is 2. The van der Waals surface area contributed by atoms with Crippen LogP contribution < -0.4 is 0 Å². The molecule has 2 aromatic heterocycles. The zero-order chi connectivity index (χ0) is 14.2. The molecule has 19 heavy (non-hydrogen) atoms. The van der Waals surface area contributed by atoms with E-state index < -0.39 is 0 Å². The molecule has 0 spiro atoms. The quantitative estimate of drug-likeness (QED) is 0.807. The largest absolute Gasteiger partial charge is 0.466 e. The zero-order valence-electron chi connectivity index (χ0n) is 11.6. The summed E-state index contributed by atoms with van der Waals surface area (Å²) in [6.45, 7) is 8.35. The molecule has 0 bridgehead atoms. The van der Waals surface area contributed by atoms with Gasteiger partial charge in [-0.15, -0.1) is 0 Å². The van der Waals surface area contributed by atoms with Gasteiger partial charge in [0.25, 0.3) is 0 Å². The second kappa shape index (κ2) is 5.33. The first-order chi connectivity index (χ1) is 8.93. The Morgan fingerprint density at radius 3 is 2.63 bits per heavy atom. The number of aromatic nitrogens is 2. The molecule has 0 radical (unpaired) electrons. The summed E-state index contributed by atoms with van der Waals surface area (Å²) in [6.07, 6.45) is 0.328. The van der Waals surface area contributed by atoms with Gasteiger partial charge in [0, 0.05) is 6.54 Å². The molecule has 4 nitrogen and oxygen atoms in total. The Hall–Kier alpha value is -1.36. The van der Waals surface area contributed by atoms with E-state index in [1.807, 2.05) is 32.4 Å². The molecule has 0 aliphatic carbocycles. The van der Waals surface area contributed by atoms with Gasteiger partial charge in [0.2, 0.25) is 0 Å². The lowest BCUT2D eigenvalue weighted by molar-refractivity contribution is 0.0989. The standard InChI is InChI=1S/C14H17BrN2O2/c1-5-17-12(14(15)9(3)16-17)7-13(18)11-6-8(2)19-10(11)4/h6H,5,7H2,1-4H3. The van der Waals surface area contributed by atoms with Crippen LogP contribution in [0.5, 0.6) is 0 Å². The van der Waals surface area contributed by atoms with Crippen molar-refractivity contribution in [2.75, 3.05) is 0 Å². The Morgan fingerprint density at radius 1 is 1.42 bits per heavy atom. The minimum atomic E-state index is 0.0599. The Bertz CT molecular complexity index is 626. The van der Waals surface area contributed by atoms with Gasteiger partial charge in [0.15, 0.2) is 5.78 Å². The number of hydrogen-bond donors (Lipinski definition) is 0. The topological polar surface area (TPSA) is 48.0 Å².